The molecule has 1 aromatic carbocycles. The van der Waals surface area contributed by atoms with Crippen LogP contribution in [0, 0.1) is 12.7 Å². The van der Waals surface area contributed by atoms with Gasteiger partial charge in [0, 0.05) is 11.9 Å². The van der Waals surface area contributed by atoms with Crippen molar-refractivity contribution in [1.82, 2.24) is 15.3 Å². The summed E-state index contributed by atoms with van der Waals surface area (Å²) in [6.45, 7) is 3.79. The molecule has 0 aliphatic heterocycles. The monoisotopic (exact) mass is 261 g/mol. The number of carbonyl (C=O) groups is 1. The van der Waals surface area contributed by atoms with E-state index in [-0.39, 0.29) is 23.6 Å². The number of aryl methyl sites for hydroxylation is 1. The number of H-pyrrole nitrogens is 1. The SMILES string of the molecule is CC[C@H](NC(=O)c1ncc(C)[nH]1)c1ccc(F)cc1. The van der Waals surface area contributed by atoms with Crippen molar-refractivity contribution in [2.24, 2.45) is 0 Å². The highest BCUT2D eigenvalue weighted by Gasteiger charge is 2.16. The lowest BCUT2D eigenvalue weighted by molar-refractivity contribution is 0.0926. The van der Waals surface area contributed by atoms with Gasteiger partial charge in [-0.3, -0.25) is 4.79 Å². The van der Waals surface area contributed by atoms with Gasteiger partial charge in [-0.2, -0.15) is 0 Å². The first-order valence-electron chi connectivity index (χ1n) is 6.18. The average Bonchev–Trinajstić information content (AvgIpc) is 2.84. The number of halogens is 1. The molecule has 1 atom stereocenters. The minimum Gasteiger partial charge on any atom is -0.343 e. The van der Waals surface area contributed by atoms with Crippen molar-refractivity contribution in [2.75, 3.05) is 0 Å². The van der Waals surface area contributed by atoms with Crippen LogP contribution >= 0.6 is 0 Å². The number of benzene rings is 1. The van der Waals surface area contributed by atoms with Crippen molar-refractivity contribution in [3.05, 3.63) is 53.4 Å². The number of imidazole rings is 1. The number of amides is 1. The minimum atomic E-state index is -0.286. The Morgan fingerprint density at radius 3 is 2.63 bits per heavy atom. The summed E-state index contributed by atoms with van der Waals surface area (Å²) in [6, 6.07) is 5.98. The Labute approximate surface area is 111 Å². The maximum absolute atomic E-state index is 12.9. The van der Waals surface area contributed by atoms with Gasteiger partial charge in [-0.15, -0.1) is 0 Å². The first-order valence-corrected chi connectivity index (χ1v) is 6.18. The fourth-order valence-corrected chi connectivity index (χ4v) is 1.87. The second kappa shape index (κ2) is 5.65. The van der Waals surface area contributed by atoms with Crippen LogP contribution in [0.2, 0.25) is 0 Å². The largest absolute Gasteiger partial charge is 0.343 e. The van der Waals surface area contributed by atoms with Crippen molar-refractivity contribution >= 4 is 5.91 Å². The topological polar surface area (TPSA) is 57.8 Å². The van der Waals surface area contributed by atoms with Crippen LogP contribution in [0.25, 0.3) is 0 Å². The highest BCUT2D eigenvalue weighted by atomic mass is 19.1. The minimum absolute atomic E-state index is 0.154. The molecule has 2 N–H and O–H groups in total. The smallest absolute Gasteiger partial charge is 0.287 e. The Balaban J connectivity index is 2.11. The third kappa shape index (κ3) is 3.19. The molecule has 0 saturated heterocycles. The molecule has 0 aliphatic rings. The van der Waals surface area contributed by atoms with E-state index >= 15 is 0 Å². The summed E-state index contributed by atoms with van der Waals surface area (Å²) in [6.07, 6.45) is 2.32. The number of carbonyl (C=O) groups excluding carboxylic acids is 1. The van der Waals surface area contributed by atoms with E-state index < -0.39 is 0 Å². The molecular formula is C14H16FN3O. The number of nitrogens with one attached hydrogen (secondary N) is 2. The van der Waals surface area contributed by atoms with Gasteiger partial charge in [0.2, 0.25) is 0 Å². The van der Waals surface area contributed by atoms with Crippen LogP contribution in [0.1, 0.15) is 41.3 Å². The van der Waals surface area contributed by atoms with Crippen LogP contribution in [-0.2, 0) is 0 Å². The fraction of sp³-hybridized carbons (Fsp3) is 0.286. The fourth-order valence-electron chi connectivity index (χ4n) is 1.87. The van der Waals surface area contributed by atoms with Crippen molar-refractivity contribution in [3.63, 3.8) is 0 Å². The zero-order chi connectivity index (χ0) is 13.8. The molecular weight excluding hydrogens is 245 g/mol. The highest BCUT2D eigenvalue weighted by molar-refractivity contribution is 5.90. The van der Waals surface area contributed by atoms with Crippen molar-refractivity contribution < 1.29 is 9.18 Å². The van der Waals surface area contributed by atoms with E-state index in [0.717, 1.165) is 17.7 Å². The Morgan fingerprint density at radius 1 is 1.42 bits per heavy atom. The summed E-state index contributed by atoms with van der Waals surface area (Å²) < 4.78 is 12.9. The number of rotatable bonds is 4. The number of aromatic nitrogens is 2. The molecule has 5 heteroatoms. The van der Waals surface area contributed by atoms with E-state index in [2.05, 4.69) is 15.3 Å². The molecule has 19 heavy (non-hydrogen) atoms. The maximum atomic E-state index is 12.9. The Morgan fingerprint density at radius 2 is 2.11 bits per heavy atom. The molecule has 0 bridgehead atoms. The molecule has 1 aromatic heterocycles. The van der Waals surface area contributed by atoms with Gasteiger partial charge >= 0.3 is 0 Å². The predicted molar refractivity (Wildman–Crippen MR) is 70.2 cm³/mol. The molecule has 0 spiro atoms. The lowest BCUT2D eigenvalue weighted by atomic mass is 10.0. The van der Waals surface area contributed by atoms with E-state index in [9.17, 15) is 9.18 Å². The molecule has 0 radical (unpaired) electrons. The standard InChI is InChI=1S/C14H16FN3O/c1-3-12(10-4-6-11(15)7-5-10)18-14(19)13-16-8-9(2)17-13/h4-8,12H,3H2,1-2H3,(H,16,17)(H,18,19)/t12-/m0/s1. The van der Waals surface area contributed by atoms with Crippen molar-refractivity contribution in [2.45, 2.75) is 26.3 Å². The van der Waals surface area contributed by atoms with Gasteiger partial charge in [-0.25, -0.2) is 9.37 Å². The van der Waals surface area contributed by atoms with Crippen LogP contribution in [0.15, 0.2) is 30.5 Å². The zero-order valence-electron chi connectivity index (χ0n) is 10.9. The Kier molecular flexibility index (Phi) is 3.94. The summed E-state index contributed by atoms with van der Waals surface area (Å²) >= 11 is 0. The second-order valence-electron chi connectivity index (χ2n) is 4.40. The number of aromatic amines is 1. The number of nitrogens with zero attached hydrogens (tertiary/aromatic N) is 1. The van der Waals surface area contributed by atoms with Crippen LogP contribution < -0.4 is 5.32 Å². The number of hydrogen-bond acceptors (Lipinski definition) is 2. The molecule has 0 saturated carbocycles. The van der Waals surface area contributed by atoms with Gasteiger partial charge in [-0.05, 0) is 31.0 Å². The van der Waals surface area contributed by atoms with E-state index in [1.807, 2.05) is 13.8 Å². The van der Waals surface area contributed by atoms with Crippen LogP contribution in [0.3, 0.4) is 0 Å². The molecule has 0 fully saturated rings. The predicted octanol–water partition coefficient (Wildman–Crippen LogP) is 2.74. The number of hydrogen-bond donors (Lipinski definition) is 2. The third-order valence-electron chi connectivity index (χ3n) is 2.90. The van der Waals surface area contributed by atoms with E-state index in [4.69, 9.17) is 0 Å². The van der Waals surface area contributed by atoms with Crippen LogP contribution in [0.5, 0.6) is 0 Å². The summed E-state index contributed by atoms with van der Waals surface area (Å²) in [5.41, 5.74) is 1.71. The molecule has 0 unspecified atom stereocenters. The van der Waals surface area contributed by atoms with Gasteiger partial charge in [-0.1, -0.05) is 19.1 Å². The molecule has 4 nitrogen and oxygen atoms in total. The lowest BCUT2D eigenvalue weighted by Crippen LogP contribution is -2.29. The van der Waals surface area contributed by atoms with Gasteiger partial charge in [0.05, 0.1) is 6.04 Å². The maximum Gasteiger partial charge on any atom is 0.287 e. The van der Waals surface area contributed by atoms with Gasteiger partial charge in [0.1, 0.15) is 5.82 Å². The van der Waals surface area contributed by atoms with E-state index in [1.54, 1.807) is 18.3 Å². The van der Waals surface area contributed by atoms with Gasteiger partial charge < -0.3 is 10.3 Å². The summed E-state index contributed by atoms with van der Waals surface area (Å²) in [7, 11) is 0. The average molecular weight is 261 g/mol. The van der Waals surface area contributed by atoms with Gasteiger partial charge in [0.25, 0.3) is 5.91 Å². The summed E-state index contributed by atoms with van der Waals surface area (Å²) in [5.74, 6) is -0.256. The van der Waals surface area contributed by atoms with Crippen LogP contribution in [-0.4, -0.2) is 15.9 Å². The normalized spacial score (nSPS) is 12.2. The molecule has 0 aliphatic carbocycles. The molecule has 2 rings (SSSR count). The Hall–Kier alpha value is -2.17. The van der Waals surface area contributed by atoms with Crippen LogP contribution in [0.4, 0.5) is 4.39 Å². The first kappa shape index (κ1) is 13.3. The quantitative estimate of drug-likeness (QED) is 0.889. The van der Waals surface area contributed by atoms with Crippen molar-refractivity contribution in [1.29, 1.82) is 0 Å². The lowest BCUT2D eigenvalue weighted by Gasteiger charge is -2.16. The van der Waals surface area contributed by atoms with E-state index in [1.165, 1.54) is 12.1 Å². The molecule has 1 amide bonds. The highest BCUT2D eigenvalue weighted by Crippen LogP contribution is 2.17. The zero-order valence-corrected chi connectivity index (χ0v) is 10.9. The van der Waals surface area contributed by atoms with E-state index in [0.29, 0.717) is 0 Å². The Bertz CT molecular complexity index is 562. The molecule has 100 valence electrons. The second-order valence-corrected chi connectivity index (χ2v) is 4.40. The third-order valence-corrected chi connectivity index (χ3v) is 2.90. The molecule has 2 aromatic rings. The first-order chi connectivity index (χ1) is 9.10. The molecule has 1 heterocycles. The summed E-state index contributed by atoms with van der Waals surface area (Å²) in [5, 5.41) is 2.88. The summed E-state index contributed by atoms with van der Waals surface area (Å²) in [4.78, 5) is 18.9. The van der Waals surface area contributed by atoms with Crippen molar-refractivity contribution in [3.8, 4) is 0 Å². The van der Waals surface area contributed by atoms with Gasteiger partial charge in [0.15, 0.2) is 5.82 Å².